The lowest BCUT2D eigenvalue weighted by molar-refractivity contribution is 1.06. The van der Waals surface area contributed by atoms with Gasteiger partial charge in [-0.05, 0) is 76.1 Å². The van der Waals surface area contributed by atoms with E-state index in [1.807, 2.05) is 36.4 Å². The van der Waals surface area contributed by atoms with Gasteiger partial charge in [0, 0.05) is 38.2 Å². The van der Waals surface area contributed by atoms with Gasteiger partial charge in [0.25, 0.3) is 0 Å². The summed E-state index contributed by atoms with van der Waals surface area (Å²) >= 11 is 0. The van der Waals surface area contributed by atoms with Gasteiger partial charge in [-0.15, -0.1) is 0 Å². The zero-order valence-corrected chi connectivity index (χ0v) is 31.3. The van der Waals surface area contributed by atoms with Crippen molar-refractivity contribution < 1.29 is 0 Å². The molecule has 0 aliphatic carbocycles. The summed E-state index contributed by atoms with van der Waals surface area (Å²) in [6.07, 6.45) is 0. The SMILES string of the molecule is c1ccc(-c2nc(-c3ccccc3)nc(-c3ccccc3-n3c4cc5ccccc5cc4c4c(-n5c6ccccc6c6cc7ccccc7cc65)cccc43)n2)cc1. The summed E-state index contributed by atoms with van der Waals surface area (Å²) in [5, 5.41) is 9.66. The van der Waals surface area contributed by atoms with Crippen molar-refractivity contribution in [3.63, 3.8) is 0 Å². The molecule has 0 spiro atoms. The van der Waals surface area contributed by atoms with E-state index in [2.05, 4.69) is 173 Å². The van der Waals surface area contributed by atoms with Gasteiger partial charge in [-0.1, -0.05) is 146 Å². The highest BCUT2D eigenvalue weighted by Crippen LogP contribution is 2.43. The number of benzene rings is 9. The Kier molecular flexibility index (Phi) is 7.16. The summed E-state index contributed by atoms with van der Waals surface area (Å²) in [5.41, 5.74) is 9.49. The maximum atomic E-state index is 5.19. The molecule has 0 N–H and O–H groups in total. The zero-order valence-electron chi connectivity index (χ0n) is 31.3. The number of hydrogen-bond donors (Lipinski definition) is 0. The van der Waals surface area contributed by atoms with E-state index in [1.165, 1.54) is 54.1 Å². The van der Waals surface area contributed by atoms with E-state index in [0.29, 0.717) is 17.5 Å². The van der Waals surface area contributed by atoms with E-state index in [4.69, 9.17) is 15.0 Å². The third-order valence-electron chi connectivity index (χ3n) is 11.5. The monoisotopic (exact) mass is 739 g/mol. The van der Waals surface area contributed by atoms with Gasteiger partial charge in [0.15, 0.2) is 17.5 Å². The molecule has 5 nitrogen and oxygen atoms in total. The standard InChI is InChI=1S/C53H33N5/c1-3-16-34(17-4-1)51-54-52(35-18-5-2-6-19-35)56-53(55-51)41-25-12-14-27-45(41)58-47-29-15-28-46(50(47)43-31-37-21-8-10-23-39(37)33-49(43)58)57-44-26-13-11-24-40(44)42-30-36-20-7-9-22-38(36)32-48(42)57/h1-33H. The van der Waals surface area contributed by atoms with Crippen LogP contribution in [0.2, 0.25) is 0 Å². The van der Waals surface area contributed by atoms with E-state index < -0.39 is 0 Å². The number of para-hydroxylation sites is 2. The second kappa shape index (κ2) is 12.8. The van der Waals surface area contributed by atoms with Crippen LogP contribution in [0.1, 0.15) is 0 Å². The van der Waals surface area contributed by atoms with Gasteiger partial charge >= 0.3 is 0 Å². The molecular weight excluding hydrogens is 707 g/mol. The van der Waals surface area contributed by atoms with Gasteiger partial charge in [-0.25, -0.2) is 15.0 Å². The summed E-state index contributed by atoms with van der Waals surface area (Å²) < 4.78 is 4.88. The fraction of sp³-hybridized carbons (Fsp3) is 0. The summed E-state index contributed by atoms with van der Waals surface area (Å²) in [7, 11) is 0. The van der Waals surface area contributed by atoms with Crippen molar-refractivity contribution in [3.8, 4) is 45.5 Å². The first-order valence-corrected chi connectivity index (χ1v) is 19.6. The van der Waals surface area contributed by atoms with Crippen LogP contribution >= 0.6 is 0 Å². The van der Waals surface area contributed by atoms with Crippen LogP contribution in [0.15, 0.2) is 200 Å². The van der Waals surface area contributed by atoms with Crippen molar-refractivity contribution in [3.05, 3.63) is 200 Å². The van der Waals surface area contributed by atoms with Crippen LogP contribution in [-0.4, -0.2) is 24.1 Å². The number of nitrogens with zero attached hydrogens (tertiary/aromatic N) is 5. The van der Waals surface area contributed by atoms with Crippen LogP contribution < -0.4 is 0 Å². The highest BCUT2D eigenvalue weighted by molar-refractivity contribution is 6.20. The molecule has 0 fully saturated rings. The fourth-order valence-corrected chi connectivity index (χ4v) is 8.88. The minimum Gasteiger partial charge on any atom is -0.309 e. The molecule has 0 bridgehead atoms. The third kappa shape index (κ3) is 5.00. The van der Waals surface area contributed by atoms with Gasteiger partial charge < -0.3 is 9.13 Å². The molecule has 0 aliphatic rings. The van der Waals surface area contributed by atoms with Crippen LogP contribution in [0.25, 0.3) is 111 Å². The fourth-order valence-electron chi connectivity index (χ4n) is 8.88. The molecule has 0 saturated heterocycles. The van der Waals surface area contributed by atoms with Crippen molar-refractivity contribution in [2.75, 3.05) is 0 Å². The van der Waals surface area contributed by atoms with Crippen LogP contribution in [0.4, 0.5) is 0 Å². The first-order chi connectivity index (χ1) is 28.8. The summed E-state index contributed by atoms with van der Waals surface area (Å²) in [4.78, 5) is 15.4. The molecule has 3 aromatic heterocycles. The largest absolute Gasteiger partial charge is 0.309 e. The average Bonchev–Trinajstić information content (AvgIpc) is 3.79. The van der Waals surface area contributed by atoms with E-state index in [1.54, 1.807) is 0 Å². The highest BCUT2D eigenvalue weighted by Gasteiger charge is 2.23. The van der Waals surface area contributed by atoms with Gasteiger partial charge in [0.2, 0.25) is 0 Å². The molecule has 58 heavy (non-hydrogen) atoms. The predicted molar refractivity (Wildman–Crippen MR) is 240 cm³/mol. The molecule has 5 heteroatoms. The van der Waals surface area contributed by atoms with E-state index in [9.17, 15) is 0 Å². The zero-order chi connectivity index (χ0) is 38.2. The van der Waals surface area contributed by atoms with Crippen molar-refractivity contribution in [1.29, 1.82) is 0 Å². The maximum absolute atomic E-state index is 5.19. The summed E-state index contributed by atoms with van der Waals surface area (Å²) in [5.74, 6) is 1.88. The highest BCUT2D eigenvalue weighted by atomic mass is 15.1. The third-order valence-corrected chi connectivity index (χ3v) is 11.5. The van der Waals surface area contributed by atoms with Crippen LogP contribution in [-0.2, 0) is 0 Å². The molecule has 12 rings (SSSR count). The first-order valence-electron chi connectivity index (χ1n) is 19.6. The normalized spacial score (nSPS) is 11.8. The van der Waals surface area contributed by atoms with Gasteiger partial charge in [-0.2, -0.15) is 0 Å². The topological polar surface area (TPSA) is 48.5 Å². The number of aromatic nitrogens is 5. The Balaban J connectivity index is 1.18. The molecule has 12 aromatic rings. The molecule has 0 radical (unpaired) electrons. The predicted octanol–water partition coefficient (Wildman–Crippen LogP) is 13.4. The minimum absolute atomic E-state index is 0.615. The molecule has 0 atom stereocenters. The van der Waals surface area contributed by atoms with Crippen LogP contribution in [0.5, 0.6) is 0 Å². The molecule has 0 unspecified atom stereocenters. The molecule has 270 valence electrons. The van der Waals surface area contributed by atoms with Crippen molar-refractivity contribution in [2.24, 2.45) is 0 Å². The van der Waals surface area contributed by atoms with Crippen molar-refractivity contribution in [1.82, 2.24) is 24.1 Å². The van der Waals surface area contributed by atoms with E-state index in [0.717, 1.165) is 39.1 Å². The van der Waals surface area contributed by atoms with Gasteiger partial charge in [-0.3, -0.25) is 0 Å². The Morgan fingerprint density at radius 3 is 1.43 bits per heavy atom. The molecule has 0 amide bonds. The Morgan fingerprint density at radius 2 is 0.759 bits per heavy atom. The molecular formula is C53H33N5. The molecule has 9 aromatic carbocycles. The lowest BCUT2D eigenvalue weighted by atomic mass is 10.0. The summed E-state index contributed by atoms with van der Waals surface area (Å²) in [6, 6.07) is 71.0. The number of hydrogen-bond acceptors (Lipinski definition) is 3. The average molecular weight is 740 g/mol. The maximum Gasteiger partial charge on any atom is 0.166 e. The Bertz CT molecular complexity index is 3510. The van der Waals surface area contributed by atoms with Crippen LogP contribution in [0.3, 0.4) is 0 Å². The number of rotatable bonds is 5. The lowest BCUT2D eigenvalue weighted by Gasteiger charge is -2.15. The van der Waals surface area contributed by atoms with Gasteiger partial charge in [0.05, 0.1) is 33.4 Å². The van der Waals surface area contributed by atoms with Crippen molar-refractivity contribution >= 4 is 65.2 Å². The Hall–Kier alpha value is -7.89. The van der Waals surface area contributed by atoms with E-state index in [-0.39, 0.29) is 0 Å². The second-order valence-corrected chi connectivity index (χ2v) is 14.8. The van der Waals surface area contributed by atoms with Crippen LogP contribution in [0, 0.1) is 0 Å². The Labute approximate surface area is 333 Å². The van der Waals surface area contributed by atoms with Crippen molar-refractivity contribution in [2.45, 2.75) is 0 Å². The summed E-state index contributed by atoms with van der Waals surface area (Å²) in [6.45, 7) is 0. The smallest absolute Gasteiger partial charge is 0.166 e. The van der Waals surface area contributed by atoms with E-state index >= 15 is 0 Å². The quantitative estimate of drug-likeness (QED) is 0.177. The number of fused-ring (bicyclic) bond motifs is 8. The van der Waals surface area contributed by atoms with Gasteiger partial charge in [0.1, 0.15) is 0 Å². The molecule has 0 aliphatic heterocycles. The molecule has 0 saturated carbocycles. The first kappa shape index (κ1) is 32.4. The minimum atomic E-state index is 0.615. The lowest BCUT2D eigenvalue weighted by Crippen LogP contribution is -2.03. The Morgan fingerprint density at radius 1 is 0.293 bits per heavy atom. The molecule has 3 heterocycles. The second-order valence-electron chi connectivity index (χ2n) is 14.8.